The zero-order chi connectivity index (χ0) is 44.1. The summed E-state index contributed by atoms with van der Waals surface area (Å²) in [6.45, 7) is 10.3. The van der Waals surface area contributed by atoms with Crippen molar-refractivity contribution in [2.45, 2.75) is 39.2 Å². The van der Waals surface area contributed by atoms with Gasteiger partial charge in [0, 0.05) is 12.2 Å². The lowest BCUT2D eigenvalue weighted by Gasteiger charge is -2.11. The Labute approximate surface area is 359 Å². The third kappa shape index (κ3) is 14.9. The van der Waals surface area contributed by atoms with Crippen LogP contribution in [0.5, 0.6) is 34.5 Å². The topological polar surface area (TPSA) is 159 Å². The molecule has 13 nitrogen and oxygen atoms in total. The molecule has 0 aliphatic rings. The van der Waals surface area contributed by atoms with Gasteiger partial charge in [0.15, 0.2) is 0 Å². The van der Waals surface area contributed by atoms with Crippen LogP contribution in [0.15, 0.2) is 141 Å². The van der Waals surface area contributed by atoms with Crippen LogP contribution in [0.3, 0.4) is 0 Å². The number of aryl methyl sites for hydroxylation is 1. The third-order valence-electron chi connectivity index (χ3n) is 8.81. The summed E-state index contributed by atoms with van der Waals surface area (Å²) < 4.78 is 43.8. The largest absolute Gasteiger partial charge is 0.494 e. The van der Waals surface area contributed by atoms with Gasteiger partial charge in [0.1, 0.15) is 41.1 Å². The van der Waals surface area contributed by atoms with Crippen molar-refractivity contribution in [3.8, 4) is 34.5 Å². The van der Waals surface area contributed by atoms with Crippen LogP contribution in [0.2, 0.25) is 0 Å². The lowest BCUT2D eigenvalue weighted by Crippen LogP contribution is -2.11. The molecular formula is C49H46O13. The Kier molecular flexibility index (Phi) is 17.4. The molecule has 13 heteroatoms. The third-order valence-corrected chi connectivity index (χ3v) is 8.81. The lowest BCUT2D eigenvalue weighted by atomic mass is 10.2. The number of hydrogen-bond donors (Lipinski definition) is 0. The Hall–Kier alpha value is -7.67. The van der Waals surface area contributed by atoms with E-state index >= 15 is 0 Å². The van der Waals surface area contributed by atoms with E-state index in [1.165, 1.54) is 30.3 Å². The van der Waals surface area contributed by atoms with Crippen LogP contribution < -0.4 is 28.4 Å². The number of esters is 5. The summed E-state index contributed by atoms with van der Waals surface area (Å²) in [4.78, 5) is 60.7. The predicted molar refractivity (Wildman–Crippen MR) is 228 cm³/mol. The molecule has 5 aromatic carbocycles. The Morgan fingerprint density at radius 3 is 1.31 bits per heavy atom. The van der Waals surface area contributed by atoms with E-state index in [0.717, 1.165) is 29.9 Å². The first-order valence-electron chi connectivity index (χ1n) is 19.7. The zero-order valence-electron chi connectivity index (χ0n) is 34.2. The van der Waals surface area contributed by atoms with E-state index in [4.69, 9.17) is 37.9 Å². The molecule has 5 aromatic rings. The summed E-state index contributed by atoms with van der Waals surface area (Å²) in [6, 6.07) is 31.2. The molecule has 0 radical (unpaired) electrons. The van der Waals surface area contributed by atoms with Crippen molar-refractivity contribution >= 4 is 29.8 Å². The maximum Gasteiger partial charge on any atom is 0.343 e. The molecule has 0 N–H and O–H groups in total. The van der Waals surface area contributed by atoms with Crippen molar-refractivity contribution in [1.82, 2.24) is 0 Å². The Morgan fingerprint density at radius 1 is 0.452 bits per heavy atom. The molecule has 0 spiro atoms. The number of rotatable bonds is 23. The molecule has 0 heterocycles. The molecular weight excluding hydrogens is 797 g/mol. The number of hydrogen-bond acceptors (Lipinski definition) is 13. The second-order valence-corrected chi connectivity index (χ2v) is 13.5. The molecule has 0 atom stereocenters. The number of ether oxygens (including phenoxy) is 8. The average Bonchev–Trinajstić information content (AvgIpc) is 3.29. The Balaban J connectivity index is 1.01. The fraction of sp³-hybridized carbons (Fsp3) is 0.204. The highest BCUT2D eigenvalue weighted by molar-refractivity contribution is 5.93. The average molecular weight is 843 g/mol. The van der Waals surface area contributed by atoms with Gasteiger partial charge in [-0.05, 0) is 147 Å². The molecule has 0 unspecified atom stereocenters. The maximum absolute atomic E-state index is 12.9. The van der Waals surface area contributed by atoms with E-state index in [2.05, 4.69) is 13.2 Å². The second kappa shape index (κ2) is 23.8. The van der Waals surface area contributed by atoms with Crippen molar-refractivity contribution in [3.63, 3.8) is 0 Å². The molecule has 0 aliphatic heterocycles. The van der Waals surface area contributed by atoms with Crippen LogP contribution in [-0.2, 0) is 25.7 Å². The molecule has 0 aromatic heterocycles. The summed E-state index contributed by atoms with van der Waals surface area (Å²) in [5.41, 5.74) is 2.35. The van der Waals surface area contributed by atoms with Gasteiger partial charge in [-0.3, -0.25) is 0 Å². The van der Waals surface area contributed by atoms with Gasteiger partial charge in [-0.2, -0.15) is 0 Å². The molecule has 0 aliphatic carbocycles. The highest BCUT2D eigenvalue weighted by Crippen LogP contribution is 2.26. The van der Waals surface area contributed by atoms with Gasteiger partial charge < -0.3 is 37.9 Å². The smallest absolute Gasteiger partial charge is 0.343 e. The van der Waals surface area contributed by atoms with Crippen LogP contribution in [0, 0.1) is 6.92 Å². The highest BCUT2D eigenvalue weighted by atomic mass is 16.6. The van der Waals surface area contributed by atoms with Crippen molar-refractivity contribution in [2.75, 3.05) is 26.4 Å². The summed E-state index contributed by atoms with van der Waals surface area (Å²) >= 11 is 0. The van der Waals surface area contributed by atoms with E-state index in [1.54, 1.807) is 67.6 Å². The van der Waals surface area contributed by atoms with Crippen LogP contribution in [-0.4, -0.2) is 56.3 Å². The summed E-state index contributed by atoms with van der Waals surface area (Å²) in [5.74, 6) is -0.0457. The first-order valence-corrected chi connectivity index (χ1v) is 19.7. The van der Waals surface area contributed by atoms with Gasteiger partial charge in [0.25, 0.3) is 0 Å². The summed E-state index contributed by atoms with van der Waals surface area (Å²) in [6.07, 6.45) is 5.00. The molecule has 0 bridgehead atoms. The van der Waals surface area contributed by atoms with Gasteiger partial charge in [-0.25, -0.2) is 24.0 Å². The molecule has 0 saturated heterocycles. The van der Waals surface area contributed by atoms with E-state index in [9.17, 15) is 24.0 Å². The van der Waals surface area contributed by atoms with Gasteiger partial charge in [0.05, 0.1) is 43.1 Å². The van der Waals surface area contributed by atoms with Gasteiger partial charge in [0.2, 0.25) is 0 Å². The minimum Gasteiger partial charge on any atom is -0.494 e. The standard InChI is InChI=1S/C49H46O13/c1-4-45(50)57-30-8-6-28-55-39-18-10-35(11-19-39)33-59-41-22-14-38(15-23-41)49(54)62-44-27-26-43(32-34(44)3)61-48(53)37-16-24-42(25-17-37)60-47(52)36-12-20-40(21-13-36)56-29-7-9-31-58-46(51)5-2/h4-5,10-27,32H,1-2,6-9,28-31,33H2,3H3. The number of benzene rings is 5. The molecule has 0 amide bonds. The first-order chi connectivity index (χ1) is 30.1. The summed E-state index contributed by atoms with van der Waals surface area (Å²) in [7, 11) is 0. The number of carbonyl (C=O) groups excluding carboxylic acids is 5. The van der Waals surface area contributed by atoms with Crippen molar-refractivity contribution in [3.05, 3.63) is 168 Å². The fourth-order valence-corrected chi connectivity index (χ4v) is 5.42. The lowest BCUT2D eigenvalue weighted by molar-refractivity contribution is -0.138. The van der Waals surface area contributed by atoms with Crippen molar-refractivity contribution in [2.24, 2.45) is 0 Å². The van der Waals surface area contributed by atoms with Crippen LogP contribution in [0.25, 0.3) is 0 Å². The van der Waals surface area contributed by atoms with Gasteiger partial charge >= 0.3 is 29.8 Å². The Bertz CT molecular complexity index is 2300. The van der Waals surface area contributed by atoms with Gasteiger partial charge in [-0.15, -0.1) is 0 Å². The molecule has 0 fully saturated rings. The number of unbranched alkanes of at least 4 members (excludes halogenated alkanes) is 2. The van der Waals surface area contributed by atoms with E-state index in [1.807, 2.05) is 24.3 Å². The fourth-order valence-electron chi connectivity index (χ4n) is 5.42. The SMILES string of the molecule is C=CC(=O)OCCCCOc1ccc(COc2ccc(C(=O)Oc3ccc(OC(=O)c4ccc(OC(=O)c5ccc(OCCCCOC(=O)C=C)cc5)cc4)cc3C)cc2)cc1. The van der Waals surface area contributed by atoms with Crippen LogP contribution in [0.1, 0.15) is 67.9 Å². The molecule has 320 valence electrons. The molecule has 0 saturated carbocycles. The molecule has 62 heavy (non-hydrogen) atoms. The quantitative estimate of drug-likeness (QED) is 0.0266. The van der Waals surface area contributed by atoms with Crippen LogP contribution >= 0.6 is 0 Å². The Morgan fingerprint density at radius 2 is 0.839 bits per heavy atom. The van der Waals surface area contributed by atoms with Crippen LogP contribution in [0.4, 0.5) is 0 Å². The normalized spacial score (nSPS) is 10.4. The highest BCUT2D eigenvalue weighted by Gasteiger charge is 2.15. The van der Waals surface area contributed by atoms with Gasteiger partial charge in [-0.1, -0.05) is 25.3 Å². The predicted octanol–water partition coefficient (Wildman–Crippen LogP) is 9.01. The first kappa shape index (κ1) is 45.4. The monoisotopic (exact) mass is 842 g/mol. The van der Waals surface area contributed by atoms with E-state index in [-0.39, 0.29) is 23.7 Å². The van der Waals surface area contributed by atoms with E-state index < -0.39 is 29.8 Å². The van der Waals surface area contributed by atoms with E-state index in [0.29, 0.717) is 79.6 Å². The second-order valence-electron chi connectivity index (χ2n) is 13.5. The zero-order valence-corrected chi connectivity index (χ0v) is 34.2. The minimum absolute atomic E-state index is 0.226. The van der Waals surface area contributed by atoms with Crippen molar-refractivity contribution in [1.29, 1.82) is 0 Å². The molecule has 5 rings (SSSR count). The number of carbonyl (C=O) groups is 5. The maximum atomic E-state index is 12.9. The summed E-state index contributed by atoms with van der Waals surface area (Å²) in [5, 5.41) is 0. The van der Waals surface area contributed by atoms with Crippen molar-refractivity contribution < 1.29 is 61.9 Å². The minimum atomic E-state index is -0.636.